The molecule has 7 heteroatoms. The largest absolute Gasteiger partial charge is 0.327 e. The number of amides is 3. The summed E-state index contributed by atoms with van der Waals surface area (Å²) in [5.41, 5.74) is 0. The number of urea groups is 1. The third kappa shape index (κ3) is 1.52. The van der Waals surface area contributed by atoms with Gasteiger partial charge in [0.15, 0.2) is 0 Å². The van der Waals surface area contributed by atoms with Gasteiger partial charge in [0, 0.05) is 13.0 Å². The molecular weight excluding hydrogens is 258 g/mol. The summed E-state index contributed by atoms with van der Waals surface area (Å²) in [5, 5.41) is 4.34. The molecule has 4 heterocycles. The average molecular weight is 275 g/mol. The van der Waals surface area contributed by atoms with Gasteiger partial charge in [-0.2, -0.15) is 5.10 Å². The summed E-state index contributed by atoms with van der Waals surface area (Å²) in [6, 6.07) is -0.390. The first-order valence-electron chi connectivity index (χ1n) is 7.19. The van der Waals surface area contributed by atoms with Crippen LogP contribution < -0.4 is 0 Å². The van der Waals surface area contributed by atoms with Gasteiger partial charge in [0.2, 0.25) is 0 Å². The van der Waals surface area contributed by atoms with Crippen LogP contribution in [0.3, 0.4) is 0 Å². The monoisotopic (exact) mass is 275 g/mol. The fraction of sp³-hybridized carbons (Fsp3) is 0.692. The third-order valence-electron chi connectivity index (χ3n) is 4.53. The van der Waals surface area contributed by atoms with E-state index in [4.69, 9.17) is 0 Å². The fourth-order valence-electron chi connectivity index (χ4n) is 3.61. The van der Waals surface area contributed by atoms with Crippen LogP contribution in [-0.2, 0) is 17.8 Å². The maximum Gasteiger partial charge on any atom is 0.327 e. The number of carbonyl (C=O) groups excluding carboxylic acids is 2. The van der Waals surface area contributed by atoms with E-state index in [0.29, 0.717) is 13.1 Å². The Morgan fingerprint density at radius 1 is 1.25 bits per heavy atom. The minimum atomic E-state index is -0.207. The highest BCUT2D eigenvalue weighted by Gasteiger charge is 2.50. The number of carbonyl (C=O) groups is 2. The normalized spacial score (nSPS) is 29.1. The SMILES string of the molecule is Cc1nc2n(n1)CC(N1C(=O)[C@H]3CCCN3C1=O)CC2. The van der Waals surface area contributed by atoms with Crippen molar-refractivity contribution in [1.29, 1.82) is 0 Å². The van der Waals surface area contributed by atoms with Crippen LogP contribution in [0.2, 0.25) is 0 Å². The zero-order valence-corrected chi connectivity index (χ0v) is 11.4. The van der Waals surface area contributed by atoms with Crippen LogP contribution >= 0.6 is 0 Å². The molecule has 3 aliphatic rings. The summed E-state index contributed by atoms with van der Waals surface area (Å²) >= 11 is 0. The number of hydrogen-bond donors (Lipinski definition) is 0. The lowest BCUT2D eigenvalue weighted by atomic mass is 10.1. The highest BCUT2D eigenvalue weighted by Crippen LogP contribution is 2.31. The molecule has 106 valence electrons. The first-order chi connectivity index (χ1) is 9.65. The van der Waals surface area contributed by atoms with E-state index < -0.39 is 0 Å². The molecule has 20 heavy (non-hydrogen) atoms. The van der Waals surface area contributed by atoms with Crippen molar-refractivity contribution in [1.82, 2.24) is 24.6 Å². The smallest absolute Gasteiger partial charge is 0.312 e. The van der Waals surface area contributed by atoms with Crippen LogP contribution in [0.4, 0.5) is 4.79 Å². The molecule has 3 aliphatic heterocycles. The fourth-order valence-corrected chi connectivity index (χ4v) is 3.61. The van der Waals surface area contributed by atoms with Gasteiger partial charge >= 0.3 is 6.03 Å². The maximum atomic E-state index is 12.4. The van der Waals surface area contributed by atoms with E-state index in [-0.39, 0.29) is 24.0 Å². The van der Waals surface area contributed by atoms with Crippen LogP contribution in [0.1, 0.15) is 30.9 Å². The second-order valence-electron chi connectivity index (χ2n) is 5.79. The molecule has 1 aromatic rings. The molecule has 4 rings (SSSR count). The molecule has 0 spiro atoms. The Bertz CT molecular complexity index is 574. The van der Waals surface area contributed by atoms with E-state index >= 15 is 0 Å². The van der Waals surface area contributed by atoms with E-state index in [1.807, 2.05) is 11.6 Å². The van der Waals surface area contributed by atoms with Crippen molar-refractivity contribution in [3.63, 3.8) is 0 Å². The number of aromatic nitrogens is 3. The summed E-state index contributed by atoms with van der Waals surface area (Å²) in [6.07, 6.45) is 3.30. The molecule has 0 aliphatic carbocycles. The van der Waals surface area contributed by atoms with Gasteiger partial charge in [0.05, 0.1) is 12.6 Å². The van der Waals surface area contributed by atoms with Crippen LogP contribution in [0, 0.1) is 6.92 Å². The van der Waals surface area contributed by atoms with Crippen molar-refractivity contribution >= 4 is 11.9 Å². The van der Waals surface area contributed by atoms with Crippen molar-refractivity contribution in [3.8, 4) is 0 Å². The van der Waals surface area contributed by atoms with Gasteiger partial charge in [0.25, 0.3) is 5.91 Å². The van der Waals surface area contributed by atoms with Crippen molar-refractivity contribution in [3.05, 3.63) is 11.6 Å². The van der Waals surface area contributed by atoms with E-state index in [0.717, 1.165) is 37.3 Å². The van der Waals surface area contributed by atoms with Gasteiger partial charge in [-0.1, -0.05) is 0 Å². The van der Waals surface area contributed by atoms with Gasteiger partial charge < -0.3 is 4.90 Å². The first kappa shape index (κ1) is 11.9. The predicted molar refractivity (Wildman–Crippen MR) is 68.8 cm³/mol. The zero-order chi connectivity index (χ0) is 13.9. The standard InChI is InChI=1S/C13H17N5O2/c1-8-14-11-5-4-9(7-17(11)15-8)18-12(19)10-3-2-6-16(10)13(18)20/h9-10H,2-7H2,1H3/t9?,10-/m1/s1. The summed E-state index contributed by atoms with van der Waals surface area (Å²) < 4.78 is 1.84. The second kappa shape index (κ2) is 4.04. The molecule has 7 nitrogen and oxygen atoms in total. The number of aryl methyl sites for hydroxylation is 2. The summed E-state index contributed by atoms with van der Waals surface area (Å²) in [7, 11) is 0. The van der Waals surface area contributed by atoms with Gasteiger partial charge in [-0.3, -0.25) is 9.69 Å². The Morgan fingerprint density at radius 3 is 2.90 bits per heavy atom. The lowest BCUT2D eigenvalue weighted by Gasteiger charge is -2.29. The van der Waals surface area contributed by atoms with Crippen LogP contribution in [0.15, 0.2) is 0 Å². The zero-order valence-electron chi connectivity index (χ0n) is 11.4. The molecule has 0 radical (unpaired) electrons. The highest BCUT2D eigenvalue weighted by atomic mass is 16.2. The Labute approximate surface area is 116 Å². The Morgan fingerprint density at radius 2 is 2.10 bits per heavy atom. The summed E-state index contributed by atoms with van der Waals surface area (Å²) in [6.45, 7) is 3.16. The topological polar surface area (TPSA) is 71.3 Å². The van der Waals surface area contributed by atoms with Gasteiger partial charge in [-0.05, 0) is 26.2 Å². The molecule has 3 amide bonds. The lowest BCUT2D eigenvalue weighted by Crippen LogP contribution is -2.46. The Balaban J connectivity index is 1.60. The number of nitrogens with zero attached hydrogens (tertiary/aromatic N) is 5. The Hall–Kier alpha value is -1.92. The van der Waals surface area contributed by atoms with E-state index in [2.05, 4.69) is 10.1 Å². The van der Waals surface area contributed by atoms with Crippen molar-refractivity contribution in [2.45, 2.75) is 51.2 Å². The van der Waals surface area contributed by atoms with Crippen LogP contribution in [-0.4, -0.2) is 55.1 Å². The van der Waals surface area contributed by atoms with Crippen molar-refractivity contribution in [2.24, 2.45) is 0 Å². The molecule has 0 aromatic carbocycles. The number of rotatable bonds is 1. The molecule has 1 aromatic heterocycles. The second-order valence-corrected chi connectivity index (χ2v) is 5.79. The molecule has 2 fully saturated rings. The molecule has 2 saturated heterocycles. The average Bonchev–Trinajstić information content (AvgIpc) is 3.06. The predicted octanol–water partition coefficient (Wildman–Crippen LogP) is 0.328. The van der Waals surface area contributed by atoms with Crippen LogP contribution in [0.25, 0.3) is 0 Å². The quantitative estimate of drug-likeness (QED) is 0.692. The van der Waals surface area contributed by atoms with E-state index in [9.17, 15) is 9.59 Å². The molecule has 0 bridgehead atoms. The highest BCUT2D eigenvalue weighted by molar-refractivity contribution is 6.04. The number of imide groups is 1. The van der Waals surface area contributed by atoms with Crippen molar-refractivity contribution < 1.29 is 9.59 Å². The molecule has 0 saturated carbocycles. The summed E-state index contributed by atoms with van der Waals surface area (Å²) in [4.78, 5) is 32.4. The third-order valence-corrected chi connectivity index (χ3v) is 4.53. The first-order valence-corrected chi connectivity index (χ1v) is 7.19. The maximum absolute atomic E-state index is 12.4. The number of fused-ring (bicyclic) bond motifs is 2. The van der Waals surface area contributed by atoms with E-state index in [1.165, 1.54) is 4.90 Å². The van der Waals surface area contributed by atoms with E-state index in [1.54, 1.807) is 4.90 Å². The minimum Gasteiger partial charge on any atom is -0.312 e. The minimum absolute atomic E-state index is 0.0159. The van der Waals surface area contributed by atoms with Gasteiger partial charge in [-0.25, -0.2) is 14.5 Å². The Kier molecular flexibility index (Phi) is 2.40. The number of hydrogen-bond acceptors (Lipinski definition) is 4. The summed E-state index contributed by atoms with van der Waals surface area (Å²) in [5.74, 6) is 1.69. The van der Waals surface area contributed by atoms with Gasteiger partial charge in [-0.15, -0.1) is 0 Å². The molecule has 0 N–H and O–H groups in total. The van der Waals surface area contributed by atoms with Crippen LogP contribution in [0.5, 0.6) is 0 Å². The van der Waals surface area contributed by atoms with Gasteiger partial charge in [0.1, 0.15) is 17.7 Å². The van der Waals surface area contributed by atoms with Crippen molar-refractivity contribution in [2.75, 3.05) is 6.54 Å². The molecule has 1 unspecified atom stereocenters. The molecular formula is C13H17N5O2. The lowest BCUT2D eigenvalue weighted by molar-refractivity contribution is -0.130. The molecule has 2 atom stereocenters.